The van der Waals surface area contributed by atoms with E-state index in [1.54, 1.807) is 31.2 Å². The maximum absolute atomic E-state index is 13.4. The van der Waals surface area contributed by atoms with Crippen LogP contribution < -0.4 is 11.1 Å². The molecule has 0 aliphatic carbocycles. The summed E-state index contributed by atoms with van der Waals surface area (Å²) in [7, 11) is 0. The van der Waals surface area contributed by atoms with Gasteiger partial charge in [-0.05, 0) is 37.1 Å². The molecule has 3 N–H and O–H groups in total. The third-order valence-electron chi connectivity index (χ3n) is 2.87. The zero-order valence-corrected chi connectivity index (χ0v) is 11.2. The van der Waals surface area contributed by atoms with Crippen LogP contribution in [0.5, 0.6) is 0 Å². The number of carbonyl (C=O) groups excluding carboxylic acids is 1. The predicted octanol–water partition coefficient (Wildman–Crippen LogP) is 2.08. The molecule has 0 aliphatic rings. The first kappa shape index (κ1) is 14.0. The number of rotatable bonds is 4. The Morgan fingerprint density at radius 1 is 1.35 bits per heavy atom. The van der Waals surface area contributed by atoms with E-state index in [9.17, 15) is 9.18 Å². The quantitative estimate of drug-likeness (QED) is 0.896. The molecule has 2 aromatic rings. The molecule has 4 nitrogen and oxygen atoms in total. The summed E-state index contributed by atoms with van der Waals surface area (Å²) in [5.41, 5.74) is 7.32. The van der Waals surface area contributed by atoms with E-state index in [0.717, 1.165) is 0 Å². The molecule has 0 saturated heterocycles. The number of nitrogen functional groups attached to an aromatic ring is 1. The summed E-state index contributed by atoms with van der Waals surface area (Å²) in [6, 6.07) is 9.70. The number of amides is 1. The lowest BCUT2D eigenvalue weighted by atomic mass is 10.1. The summed E-state index contributed by atoms with van der Waals surface area (Å²) in [4.78, 5) is 15.9. The van der Waals surface area contributed by atoms with E-state index in [1.807, 2.05) is 0 Å². The number of hydrogen-bond donors (Lipinski definition) is 2. The molecule has 1 aromatic carbocycles. The predicted molar refractivity (Wildman–Crippen MR) is 75.8 cm³/mol. The van der Waals surface area contributed by atoms with Gasteiger partial charge in [-0.15, -0.1) is 0 Å². The Balaban J connectivity index is 1.94. The highest BCUT2D eigenvalue weighted by atomic mass is 19.1. The Hall–Kier alpha value is -2.43. The number of pyridine rings is 1. The van der Waals surface area contributed by atoms with Crippen LogP contribution in [0.3, 0.4) is 0 Å². The average Bonchev–Trinajstić information content (AvgIpc) is 2.39. The number of aromatic nitrogens is 1. The van der Waals surface area contributed by atoms with Crippen molar-refractivity contribution in [1.29, 1.82) is 0 Å². The highest BCUT2D eigenvalue weighted by molar-refractivity contribution is 5.94. The van der Waals surface area contributed by atoms with Crippen LogP contribution in [0.25, 0.3) is 0 Å². The van der Waals surface area contributed by atoms with Crippen LogP contribution in [0.1, 0.15) is 21.6 Å². The van der Waals surface area contributed by atoms with Crippen LogP contribution in [0.2, 0.25) is 0 Å². The van der Waals surface area contributed by atoms with E-state index in [0.29, 0.717) is 35.6 Å². The van der Waals surface area contributed by atoms with Gasteiger partial charge in [-0.1, -0.05) is 18.2 Å². The molecule has 0 saturated carbocycles. The summed E-state index contributed by atoms with van der Waals surface area (Å²) in [6.07, 6.45) is 0.442. The number of nitrogens with one attached hydrogen (secondary N) is 1. The van der Waals surface area contributed by atoms with Crippen molar-refractivity contribution in [2.75, 3.05) is 12.3 Å². The minimum Gasteiger partial charge on any atom is -0.384 e. The number of anilines is 1. The van der Waals surface area contributed by atoms with Gasteiger partial charge < -0.3 is 11.1 Å². The fourth-order valence-corrected chi connectivity index (χ4v) is 1.94. The number of aryl methyl sites for hydroxylation is 1. The van der Waals surface area contributed by atoms with Gasteiger partial charge in [0, 0.05) is 17.8 Å². The summed E-state index contributed by atoms with van der Waals surface area (Å²) in [5.74, 6) is -0.187. The first-order valence-electron chi connectivity index (χ1n) is 6.32. The Kier molecular flexibility index (Phi) is 4.30. The van der Waals surface area contributed by atoms with Crippen LogP contribution in [-0.2, 0) is 6.42 Å². The Morgan fingerprint density at radius 3 is 2.80 bits per heavy atom. The first-order valence-corrected chi connectivity index (χ1v) is 6.32. The number of nitrogens with zero attached hydrogens (tertiary/aromatic N) is 1. The molecule has 1 amide bonds. The summed E-state index contributed by atoms with van der Waals surface area (Å²) in [6.45, 7) is 2.13. The lowest BCUT2D eigenvalue weighted by Gasteiger charge is -2.07. The van der Waals surface area contributed by atoms with Gasteiger partial charge in [0.15, 0.2) is 0 Å². The fourth-order valence-electron chi connectivity index (χ4n) is 1.94. The van der Waals surface area contributed by atoms with E-state index >= 15 is 0 Å². The molecule has 0 unspecified atom stereocenters. The van der Waals surface area contributed by atoms with E-state index in [1.165, 1.54) is 12.1 Å². The highest BCUT2D eigenvalue weighted by Gasteiger charge is 2.08. The molecule has 0 fully saturated rings. The molecule has 0 radical (unpaired) electrons. The Morgan fingerprint density at radius 2 is 2.10 bits per heavy atom. The summed E-state index contributed by atoms with van der Waals surface area (Å²) in [5, 5.41) is 2.74. The van der Waals surface area contributed by atoms with E-state index < -0.39 is 0 Å². The standard InChI is InChI=1S/C15H16FN3O/c1-10-8-12(9-14(17)19-10)15(20)18-7-6-11-4-2-3-5-13(11)16/h2-5,8-9H,6-7H2,1H3,(H2,17,19)(H,18,20). The second-order valence-electron chi connectivity index (χ2n) is 4.52. The maximum Gasteiger partial charge on any atom is 0.251 e. The van der Waals surface area contributed by atoms with Crippen LogP contribution in [0, 0.1) is 12.7 Å². The van der Waals surface area contributed by atoms with Gasteiger partial charge in [0.25, 0.3) is 5.91 Å². The molecule has 2 rings (SSSR count). The molecule has 5 heteroatoms. The molecule has 1 heterocycles. The lowest BCUT2D eigenvalue weighted by molar-refractivity contribution is 0.0954. The zero-order valence-electron chi connectivity index (χ0n) is 11.2. The van der Waals surface area contributed by atoms with Gasteiger partial charge >= 0.3 is 0 Å². The third-order valence-corrected chi connectivity index (χ3v) is 2.87. The smallest absolute Gasteiger partial charge is 0.251 e. The fraction of sp³-hybridized carbons (Fsp3) is 0.200. The number of benzene rings is 1. The first-order chi connectivity index (χ1) is 9.56. The van der Waals surface area contributed by atoms with Gasteiger partial charge in [-0.3, -0.25) is 4.79 Å². The van der Waals surface area contributed by atoms with Crippen LogP contribution in [0.15, 0.2) is 36.4 Å². The average molecular weight is 273 g/mol. The minimum absolute atomic E-state index is 0.237. The topological polar surface area (TPSA) is 68.0 Å². The van der Waals surface area contributed by atoms with Gasteiger partial charge in [0.2, 0.25) is 0 Å². The molecular formula is C15H16FN3O. The third kappa shape index (κ3) is 3.54. The maximum atomic E-state index is 13.4. The van der Waals surface area contributed by atoms with Crippen molar-refractivity contribution >= 4 is 11.7 Å². The van der Waals surface area contributed by atoms with Crippen molar-refractivity contribution in [3.63, 3.8) is 0 Å². The molecule has 0 spiro atoms. The SMILES string of the molecule is Cc1cc(C(=O)NCCc2ccccc2F)cc(N)n1. The molecule has 0 bridgehead atoms. The molecule has 1 aromatic heterocycles. The van der Waals surface area contributed by atoms with Crippen LogP contribution in [0.4, 0.5) is 10.2 Å². The second-order valence-corrected chi connectivity index (χ2v) is 4.52. The van der Waals surface area contributed by atoms with E-state index in [2.05, 4.69) is 10.3 Å². The van der Waals surface area contributed by atoms with Crippen LogP contribution >= 0.6 is 0 Å². The van der Waals surface area contributed by atoms with Crippen molar-refractivity contribution in [3.8, 4) is 0 Å². The summed E-state index contributed by atoms with van der Waals surface area (Å²) >= 11 is 0. The zero-order chi connectivity index (χ0) is 14.5. The molecule has 104 valence electrons. The van der Waals surface area contributed by atoms with Crippen molar-refractivity contribution in [2.24, 2.45) is 0 Å². The Bertz CT molecular complexity index is 608. The van der Waals surface area contributed by atoms with Gasteiger partial charge in [-0.25, -0.2) is 9.37 Å². The number of nitrogens with two attached hydrogens (primary N) is 1. The second kappa shape index (κ2) is 6.14. The molecule has 0 atom stereocenters. The minimum atomic E-state index is -0.259. The van der Waals surface area contributed by atoms with E-state index in [4.69, 9.17) is 5.73 Å². The largest absolute Gasteiger partial charge is 0.384 e. The Labute approximate surface area is 116 Å². The normalized spacial score (nSPS) is 10.3. The van der Waals surface area contributed by atoms with Crippen LogP contribution in [-0.4, -0.2) is 17.4 Å². The van der Waals surface area contributed by atoms with Crippen molar-refractivity contribution in [1.82, 2.24) is 10.3 Å². The monoisotopic (exact) mass is 273 g/mol. The lowest BCUT2D eigenvalue weighted by Crippen LogP contribution is -2.26. The van der Waals surface area contributed by atoms with Crippen molar-refractivity contribution in [2.45, 2.75) is 13.3 Å². The molecular weight excluding hydrogens is 257 g/mol. The number of hydrogen-bond acceptors (Lipinski definition) is 3. The van der Waals surface area contributed by atoms with Gasteiger partial charge in [0.05, 0.1) is 0 Å². The number of halogens is 1. The molecule has 0 aliphatic heterocycles. The number of carbonyl (C=O) groups is 1. The van der Waals surface area contributed by atoms with Gasteiger partial charge in [-0.2, -0.15) is 0 Å². The van der Waals surface area contributed by atoms with Gasteiger partial charge in [0.1, 0.15) is 11.6 Å². The van der Waals surface area contributed by atoms with Crippen molar-refractivity contribution in [3.05, 3.63) is 59.0 Å². The highest BCUT2D eigenvalue weighted by Crippen LogP contribution is 2.08. The molecule has 20 heavy (non-hydrogen) atoms. The summed E-state index contributed by atoms with van der Waals surface area (Å²) < 4.78 is 13.4. The van der Waals surface area contributed by atoms with E-state index in [-0.39, 0.29) is 11.7 Å². The van der Waals surface area contributed by atoms with Crippen molar-refractivity contribution < 1.29 is 9.18 Å².